The molecule has 0 aliphatic carbocycles. The van der Waals surface area contributed by atoms with Gasteiger partial charge in [-0.15, -0.1) is 0 Å². The van der Waals surface area contributed by atoms with E-state index in [-0.39, 0.29) is 17.5 Å². The molecule has 0 saturated carbocycles. The Balaban J connectivity index is 1.31. The third-order valence-corrected chi connectivity index (χ3v) is 6.34. The van der Waals surface area contributed by atoms with E-state index in [9.17, 15) is 18.0 Å². The van der Waals surface area contributed by atoms with Crippen LogP contribution in [-0.4, -0.2) is 78.3 Å². The number of piperazine rings is 1. The minimum absolute atomic E-state index is 0.0812. The number of hydrogen-bond donors (Lipinski definition) is 1. The Bertz CT molecular complexity index is 1290. The Kier molecular flexibility index (Phi) is 9.20. The van der Waals surface area contributed by atoms with E-state index in [1.165, 1.54) is 31.4 Å². The fourth-order valence-electron chi connectivity index (χ4n) is 4.02. The average Bonchev–Trinajstić information content (AvgIpc) is 2.92. The molecule has 1 N–H and O–H groups in total. The summed E-state index contributed by atoms with van der Waals surface area (Å²) in [5, 5.41) is 2.87. The van der Waals surface area contributed by atoms with Gasteiger partial charge in [-0.25, -0.2) is 22.9 Å². The van der Waals surface area contributed by atoms with Gasteiger partial charge >= 0.3 is 6.09 Å². The highest BCUT2D eigenvalue weighted by atomic mass is 19.1. The lowest BCUT2D eigenvalue weighted by atomic mass is 10.2. The quantitative estimate of drug-likeness (QED) is 0.416. The number of nitrogens with zero attached hydrogens (tertiary/aromatic N) is 5. The zero-order chi connectivity index (χ0) is 27.9. The van der Waals surface area contributed by atoms with Gasteiger partial charge in [0.1, 0.15) is 18.2 Å². The molecule has 0 spiro atoms. The van der Waals surface area contributed by atoms with Crippen LogP contribution in [0.3, 0.4) is 0 Å². The molecular weight excluding hydrogens is 513 g/mol. The molecule has 12 heteroatoms. The number of rotatable bonds is 9. The molecule has 1 saturated heterocycles. The lowest BCUT2D eigenvalue weighted by Gasteiger charge is -2.36. The lowest BCUT2D eigenvalue weighted by molar-refractivity contribution is 0.0965. The second-order valence-corrected chi connectivity index (χ2v) is 9.33. The molecule has 9 nitrogen and oxygen atoms in total. The molecule has 0 bridgehead atoms. The molecule has 3 aromatic rings. The molecule has 0 radical (unpaired) electrons. The van der Waals surface area contributed by atoms with Gasteiger partial charge in [-0.3, -0.25) is 14.7 Å². The summed E-state index contributed by atoms with van der Waals surface area (Å²) in [7, 11) is 1.35. The summed E-state index contributed by atoms with van der Waals surface area (Å²) in [4.78, 5) is 26.4. The zero-order valence-electron chi connectivity index (χ0n) is 22.0. The van der Waals surface area contributed by atoms with E-state index in [0.29, 0.717) is 24.9 Å². The Morgan fingerprint density at radius 1 is 1.03 bits per heavy atom. The van der Waals surface area contributed by atoms with Crippen molar-refractivity contribution in [2.75, 3.05) is 56.6 Å². The largest absolute Gasteiger partial charge is 0.489 e. The van der Waals surface area contributed by atoms with Crippen LogP contribution in [-0.2, 0) is 0 Å². The Morgan fingerprint density at radius 3 is 2.51 bits per heavy atom. The second kappa shape index (κ2) is 12.8. The fourth-order valence-corrected chi connectivity index (χ4v) is 4.02. The minimum atomic E-state index is -0.988. The van der Waals surface area contributed by atoms with Crippen molar-refractivity contribution < 1.29 is 27.4 Å². The van der Waals surface area contributed by atoms with E-state index in [2.05, 4.69) is 38.9 Å². The number of carbonyl (C=O) groups is 1. The molecular formula is C27H31F3N6O3. The third kappa shape index (κ3) is 7.58. The number of amides is 1. The predicted octanol–water partition coefficient (Wildman–Crippen LogP) is 4.68. The standard InChI is InChI=1S/C27H31F3N6O3/c1-18(2)36-12-10-35(11-13-36)14-15-38-23-7-5-20(17-22(23)30)32-26-31-9-8-25(33-26)34(3)27(37)39-24-16-19(28)4-6-21(24)29/h4-9,16-18H,10-15H2,1-3H3,(H,31,32,33). The van der Waals surface area contributed by atoms with Crippen molar-refractivity contribution in [3.05, 3.63) is 66.1 Å². The van der Waals surface area contributed by atoms with Crippen LogP contribution in [0.5, 0.6) is 11.5 Å². The average molecular weight is 545 g/mol. The number of nitrogens with one attached hydrogen (secondary N) is 1. The van der Waals surface area contributed by atoms with Crippen molar-refractivity contribution >= 4 is 23.5 Å². The van der Waals surface area contributed by atoms with Crippen molar-refractivity contribution in [2.24, 2.45) is 0 Å². The summed E-state index contributed by atoms with van der Waals surface area (Å²) < 4.78 is 52.5. The van der Waals surface area contributed by atoms with Crippen molar-refractivity contribution in [2.45, 2.75) is 19.9 Å². The molecule has 1 aliphatic heterocycles. The first-order valence-electron chi connectivity index (χ1n) is 12.6. The molecule has 2 aromatic carbocycles. The number of carbonyl (C=O) groups excluding carboxylic acids is 1. The molecule has 2 heterocycles. The molecule has 4 rings (SSSR count). The van der Waals surface area contributed by atoms with Crippen LogP contribution in [0.4, 0.5) is 35.4 Å². The minimum Gasteiger partial charge on any atom is -0.489 e. The molecule has 1 amide bonds. The Labute approximate surface area is 225 Å². The van der Waals surface area contributed by atoms with Crippen molar-refractivity contribution in [3.8, 4) is 11.5 Å². The highest BCUT2D eigenvalue weighted by molar-refractivity contribution is 5.87. The van der Waals surface area contributed by atoms with Crippen molar-refractivity contribution in [1.29, 1.82) is 0 Å². The fraction of sp³-hybridized carbons (Fsp3) is 0.370. The lowest BCUT2D eigenvalue weighted by Crippen LogP contribution is -2.49. The summed E-state index contributed by atoms with van der Waals surface area (Å²) in [6.45, 7) is 9.42. The van der Waals surface area contributed by atoms with Crippen LogP contribution in [0.15, 0.2) is 48.7 Å². The predicted molar refractivity (Wildman–Crippen MR) is 141 cm³/mol. The number of halogens is 3. The van der Waals surface area contributed by atoms with E-state index < -0.39 is 29.3 Å². The number of hydrogen-bond acceptors (Lipinski definition) is 8. The van der Waals surface area contributed by atoms with Crippen LogP contribution in [0, 0.1) is 17.5 Å². The van der Waals surface area contributed by atoms with Crippen molar-refractivity contribution in [3.63, 3.8) is 0 Å². The van der Waals surface area contributed by atoms with Crippen LogP contribution < -0.4 is 19.7 Å². The van der Waals surface area contributed by atoms with E-state index in [1.807, 2.05) is 0 Å². The monoisotopic (exact) mass is 544 g/mol. The van der Waals surface area contributed by atoms with Gasteiger partial charge in [-0.2, -0.15) is 4.98 Å². The van der Waals surface area contributed by atoms with Gasteiger partial charge < -0.3 is 14.8 Å². The first-order chi connectivity index (χ1) is 18.7. The maximum Gasteiger partial charge on any atom is 0.420 e. The summed E-state index contributed by atoms with van der Waals surface area (Å²) in [6, 6.07) is 8.91. The molecule has 1 aromatic heterocycles. The highest BCUT2D eigenvalue weighted by Crippen LogP contribution is 2.24. The molecule has 0 atom stereocenters. The smallest absolute Gasteiger partial charge is 0.420 e. The van der Waals surface area contributed by atoms with E-state index in [0.717, 1.165) is 49.3 Å². The third-order valence-electron chi connectivity index (χ3n) is 6.34. The molecule has 208 valence electrons. The van der Waals surface area contributed by atoms with Gasteiger partial charge in [-0.05, 0) is 44.2 Å². The first-order valence-corrected chi connectivity index (χ1v) is 12.6. The molecule has 0 unspecified atom stereocenters. The van der Waals surface area contributed by atoms with Crippen LogP contribution >= 0.6 is 0 Å². The maximum atomic E-state index is 14.7. The maximum absolute atomic E-state index is 14.7. The van der Waals surface area contributed by atoms with Gasteiger partial charge in [-0.1, -0.05) is 0 Å². The van der Waals surface area contributed by atoms with E-state index in [4.69, 9.17) is 9.47 Å². The van der Waals surface area contributed by atoms with Gasteiger partial charge in [0.05, 0.1) is 0 Å². The van der Waals surface area contributed by atoms with Crippen LogP contribution in [0.25, 0.3) is 0 Å². The SMILES string of the molecule is CC(C)N1CCN(CCOc2ccc(Nc3nccc(N(C)C(=O)Oc4cc(F)ccc4F)n3)cc2F)CC1. The van der Waals surface area contributed by atoms with E-state index >= 15 is 0 Å². The summed E-state index contributed by atoms with van der Waals surface area (Å²) in [5.41, 5.74) is 0.369. The van der Waals surface area contributed by atoms with E-state index in [1.54, 1.807) is 6.07 Å². The Morgan fingerprint density at radius 2 is 1.79 bits per heavy atom. The first kappa shape index (κ1) is 28.1. The molecule has 1 fully saturated rings. The Hall–Kier alpha value is -3.90. The second-order valence-electron chi connectivity index (χ2n) is 9.33. The highest BCUT2D eigenvalue weighted by Gasteiger charge is 2.20. The van der Waals surface area contributed by atoms with Gasteiger partial charge in [0.15, 0.2) is 23.1 Å². The van der Waals surface area contributed by atoms with Crippen LogP contribution in [0.2, 0.25) is 0 Å². The van der Waals surface area contributed by atoms with Crippen LogP contribution in [0.1, 0.15) is 13.8 Å². The zero-order valence-corrected chi connectivity index (χ0v) is 22.0. The summed E-state index contributed by atoms with van der Waals surface area (Å²) in [6.07, 6.45) is 0.393. The summed E-state index contributed by atoms with van der Waals surface area (Å²) >= 11 is 0. The topological polar surface area (TPSA) is 83.1 Å². The molecule has 1 aliphatic rings. The number of anilines is 3. The number of benzene rings is 2. The normalized spacial score (nSPS) is 14.3. The molecule has 39 heavy (non-hydrogen) atoms. The van der Waals surface area contributed by atoms with Gasteiger partial charge in [0, 0.05) is 69.8 Å². The van der Waals surface area contributed by atoms with Crippen molar-refractivity contribution in [1.82, 2.24) is 19.8 Å². The number of aromatic nitrogens is 2. The number of ether oxygens (including phenoxy) is 2. The van der Waals surface area contributed by atoms with Gasteiger partial charge in [0.2, 0.25) is 5.95 Å². The summed E-state index contributed by atoms with van der Waals surface area (Å²) in [5.74, 6) is -2.39. The van der Waals surface area contributed by atoms with Gasteiger partial charge in [0.25, 0.3) is 0 Å².